The fourth-order valence-corrected chi connectivity index (χ4v) is 1.97. The number of aliphatic imine (C=N–C) groups is 1. The van der Waals surface area contributed by atoms with Crippen molar-refractivity contribution in [1.29, 1.82) is 0 Å². The molecular formula is C13H15Li2NO. The Kier molecular flexibility index (Phi) is 8.84. The van der Waals surface area contributed by atoms with Crippen molar-refractivity contribution in [3.8, 4) is 0 Å². The molecule has 1 aliphatic carbocycles. The average Bonchev–Trinajstić information content (AvgIpc) is 2.31. The van der Waals surface area contributed by atoms with Gasteiger partial charge in [-0.1, -0.05) is 43.5 Å². The van der Waals surface area contributed by atoms with Crippen LogP contribution in [-0.4, -0.2) is 30.8 Å². The number of benzene rings is 1. The summed E-state index contributed by atoms with van der Waals surface area (Å²) in [6.07, 6.45) is 5.84. The molecule has 2 nitrogen and oxygen atoms in total. The van der Waals surface area contributed by atoms with Crippen LogP contribution in [0.15, 0.2) is 29.3 Å². The zero-order valence-corrected chi connectivity index (χ0v) is 10.8. The van der Waals surface area contributed by atoms with Gasteiger partial charge in [-0.3, -0.25) is 4.99 Å². The fourth-order valence-electron chi connectivity index (χ4n) is 1.97. The molecule has 1 fully saturated rings. The van der Waals surface area contributed by atoms with E-state index in [1.165, 1.54) is 19.3 Å². The molecule has 2 rings (SSSR count). The Morgan fingerprint density at radius 2 is 1.94 bits per heavy atom. The Morgan fingerprint density at radius 1 is 1.24 bits per heavy atom. The van der Waals surface area contributed by atoms with Crippen LogP contribution >= 0.6 is 0 Å². The number of rotatable bonds is 2. The quantitative estimate of drug-likeness (QED) is 0.338. The van der Waals surface area contributed by atoms with Crippen LogP contribution in [0, 0.1) is 6.07 Å². The first-order valence-electron chi connectivity index (χ1n) is 5.58. The molecule has 2 radical (unpaired) electrons. The van der Waals surface area contributed by atoms with Crippen LogP contribution in [0.3, 0.4) is 0 Å². The van der Waals surface area contributed by atoms with E-state index in [4.69, 9.17) is 0 Å². The molecule has 1 aliphatic rings. The van der Waals surface area contributed by atoms with Gasteiger partial charge >= 0.3 is 18.9 Å². The molecule has 0 saturated heterocycles. The predicted molar refractivity (Wildman–Crippen MR) is 64.4 cm³/mol. The summed E-state index contributed by atoms with van der Waals surface area (Å²) < 4.78 is 0. The molecule has 0 unspecified atom stereocenters. The average molecular weight is 215 g/mol. The van der Waals surface area contributed by atoms with Gasteiger partial charge in [-0.05, 0) is 30.4 Å². The first-order chi connectivity index (χ1) is 7.36. The number of hydrogen-bond acceptors (Lipinski definition) is 2. The zero-order valence-electron chi connectivity index (χ0n) is 10.8. The van der Waals surface area contributed by atoms with Crippen LogP contribution < -0.4 is 24.0 Å². The molecule has 0 amide bonds. The van der Waals surface area contributed by atoms with Crippen LogP contribution in [0.25, 0.3) is 0 Å². The summed E-state index contributed by atoms with van der Waals surface area (Å²) in [7, 11) is 0. The number of hydrogen-bond donors (Lipinski definition) is 0. The molecule has 1 saturated carbocycles. The topological polar surface area (TPSA) is 35.4 Å². The van der Waals surface area contributed by atoms with Crippen molar-refractivity contribution in [2.45, 2.75) is 38.1 Å². The van der Waals surface area contributed by atoms with Crippen molar-refractivity contribution >= 4 is 24.8 Å². The maximum absolute atomic E-state index is 11.7. The molecule has 1 aromatic carbocycles. The molecule has 0 heterocycles. The van der Waals surface area contributed by atoms with Crippen molar-refractivity contribution < 1.29 is 24.0 Å². The van der Waals surface area contributed by atoms with Crippen LogP contribution in [0.2, 0.25) is 0 Å². The Labute approximate surface area is 127 Å². The Bertz CT molecular complexity index is 335. The first kappa shape index (κ1) is 16.9. The van der Waals surface area contributed by atoms with Gasteiger partial charge in [0, 0.05) is 24.9 Å². The van der Waals surface area contributed by atoms with E-state index in [0.717, 1.165) is 12.8 Å². The van der Waals surface area contributed by atoms with E-state index in [0.29, 0.717) is 5.56 Å². The van der Waals surface area contributed by atoms with E-state index in [1.54, 1.807) is 12.1 Å². The molecule has 0 atom stereocenters. The minimum atomic E-state index is -0.109. The number of nitrogens with zero attached hydrogens (tertiary/aromatic N) is 1. The van der Waals surface area contributed by atoms with Gasteiger partial charge in [0.25, 0.3) is 0 Å². The van der Waals surface area contributed by atoms with Gasteiger partial charge in [0.2, 0.25) is 0 Å². The van der Waals surface area contributed by atoms with Crippen molar-refractivity contribution in [2.24, 2.45) is 4.99 Å². The molecule has 4 heteroatoms. The molecule has 0 N–H and O–H groups in total. The predicted octanol–water partition coefficient (Wildman–Crippen LogP) is -1.45. The summed E-state index contributed by atoms with van der Waals surface area (Å²) in [5.41, 5.74) is 0.586. The summed E-state index contributed by atoms with van der Waals surface area (Å²) in [6.45, 7) is 0. The first-order valence-corrected chi connectivity index (χ1v) is 5.58. The van der Waals surface area contributed by atoms with Crippen LogP contribution in [-0.2, 0) is 0 Å². The van der Waals surface area contributed by atoms with Crippen LogP contribution in [0.1, 0.15) is 37.7 Å². The summed E-state index contributed by atoms with van der Waals surface area (Å²) in [5.74, 6) is -0.109. The van der Waals surface area contributed by atoms with Crippen molar-refractivity contribution in [2.75, 3.05) is 0 Å². The van der Waals surface area contributed by atoms with Gasteiger partial charge in [0.05, 0.1) is 0 Å². The molecule has 0 aromatic heterocycles. The molecule has 0 spiro atoms. The Morgan fingerprint density at radius 3 is 2.53 bits per heavy atom. The standard InChI is InChI=1S/C13H16NO.2Li/c15-13(11-7-3-1-4-8-11)14-12-9-5-2-6-10-12;;/h1,3-4,7,12H,2,5-6,9-10H2,(H,14,15);;/q;;+1/p-1. The Hall–Kier alpha value is -0.115. The molecular weight excluding hydrogens is 200 g/mol. The monoisotopic (exact) mass is 215 g/mol. The second kappa shape index (κ2) is 8.90. The van der Waals surface area contributed by atoms with Crippen molar-refractivity contribution in [1.82, 2.24) is 0 Å². The van der Waals surface area contributed by atoms with E-state index in [1.807, 2.05) is 12.1 Å². The maximum Gasteiger partial charge on any atom is 1.00 e. The SMILES string of the molecule is [Li+].[Li].[O-]C(=NC1CCCCC1)c1[c]cccc1. The van der Waals surface area contributed by atoms with Gasteiger partial charge in [-0.25, -0.2) is 0 Å². The Balaban J connectivity index is 0.00000128. The van der Waals surface area contributed by atoms with Gasteiger partial charge in [-0.2, -0.15) is 0 Å². The van der Waals surface area contributed by atoms with Gasteiger partial charge in [-0.15, -0.1) is 0 Å². The maximum atomic E-state index is 11.7. The van der Waals surface area contributed by atoms with Gasteiger partial charge in [0.15, 0.2) is 0 Å². The minimum absolute atomic E-state index is 0. The van der Waals surface area contributed by atoms with Crippen molar-refractivity contribution in [3.05, 3.63) is 35.9 Å². The third-order valence-electron chi connectivity index (χ3n) is 2.81. The van der Waals surface area contributed by atoms with Crippen LogP contribution in [0.5, 0.6) is 0 Å². The smallest absolute Gasteiger partial charge is 0.858 e. The van der Waals surface area contributed by atoms with E-state index in [2.05, 4.69) is 11.1 Å². The van der Waals surface area contributed by atoms with Crippen LogP contribution in [0.4, 0.5) is 0 Å². The van der Waals surface area contributed by atoms with E-state index < -0.39 is 0 Å². The van der Waals surface area contributed by atoms with Crippen molar-refractivity contribution in [3.63, 3.8) is 0 Å². The third kappa shape index (κ3) is 5.37. The molecule has 17 heavy (non-hydrogen) atoms. The minimum Gasteiger partial charge on any atom is -0.858 e. The third-order valence-corrected chi connectivity index (χ3v) is 2.81. The second-order valence-corrected chi connectivity index (χ2v) is 4.00. The van der Waals surface area contributed by atoms with E-state index >= 15 is 0 Å². The van der Waals surface area contributed by atoms with E-state index in [9.17, 15) is 5.11 Å². The van der Waals surface area contributed by atoms with E-state index in [-0.39, 0.29) is 49.7 Å². The molecule has 0 bridgehead atoms. The normalized spacial score (nSPS) is 16.8. The van der Waals surface area contributed by atoms with Gasteiger partial charge in [0.1, 0.15) is 0 Å². The molecule has 1 aromatic rings. The molecule has 80 valence electrons. The summed E-state index contributed by atoms with van der Waals surface area (Å²) in [6, 6.07) is 10.4. The summed E-state index contributed by atoms with van der Waals surface area (Å²) in [5, 5.41) is 11.7. The summed E-state index contributed by atoms with van der Waals surface area (Å²) >= 11 is 0. The molecule has 0 aliphatic heterocycles. The second-order valence-electron chi connectivity index (χ2n) is 4.00. The van der Waals surface area contributed by atoms with Gasteiger partial charge < -0.3 is 5.11 Å². The zero-order chi connectivity index (χ0) is 10.5. The summed E-state index contributed by atoms with van der Waals surface area (Å²) in [4.78, 5) is 4.24. The fraction of sp³-hybridized carbons (Fsp3) is 0.462. The largest absolute Gasteiger partial charge is 1.00 e.